The Morgan fingerprint density at radius 3 is 2.63 bits per heavy atom. The highest BCUT2D eigenvalue weighted by Crippen LogP contribution is 2.35. The van der Waals surface area contributed by atoms with E-state index >= 15 is 0 Å². The largest absolute Gasteiger partial charge is 0.497 e. The summed E-state index contributed by atoms with van der Waals surface area (Å²) in [5.74, 6) is 1.04. The van der Waals surface area contributed by atoms with Crippen LogP contribution in [0.3, 0.4) is 0 Å². The summed E-state index contributed by atoms with van der Waals surface area (Å²) in [5.41, 5.74) is 1.63. The molecule has 1 saturated heterocycles. The van der Waals surface area contributed by atoms with Gasteiger partial charge in [0.2, 0.25) is 11.8 Å². The summed E-state index contributed by atoms with van der Waals surface area (Å²) < 4.78 is 10.8. The van der Waals surface area contributed by atoms with Crippen molar-refractivity contribution in [3.8, 4) is 11.5 Å². The smallest absolute Gasteiger partial charge is 0.228 e. The maximum Gasteiger partial charge on any atom is 0.228 e. The molecule has 0 radical (unpaired) electrons. The van der Waals surface area contributed by atoms with Gasteiger partial charge in [0.25, 0.3) is 0 Å². The molecule has 1 aliphatic heterocycles. The summed E-state index contributed by atoms with van der Waals surface area (Å²) in [5, 5.41) is 0.569. The summed E-state index contributed by atoms with van der Waals surface area (Å²) in [7, 11) is 3.23. The predicted molar refractivity (Wildman–Crippen MR) is 115 cm³/mol. The highest BCUT2D eigenvalue weighted by atomic mass is 35.5. The van der Waals surface area contributed by atoms with Crippen LogP contribution in [0.4, 0.5) is 5.69 Å². The number of hydrogen-bond acceptors (Lipinski definition) is 4. The number of carbonyl (C=O) groups is 2. The van der Waals surface area contributed by atoms with Crippen molar-refractivity contribution in [3.63, 3.8) is 0 Å². The highest BCUT2D eigenvalue weighted by molar-refractivity contribution is 6.31. The topological polar surface area (TPSA) is 59.1 Å². The molecule has 2 fully saturated rings. The second-order valence-electron chi connectivity index (χ2n) is 7.76. The number of hydrogen-bond donors (Lipinski definition) is 0. The van der Waals surface area contributed by atoms with E-state index in [4.69, 9.17) is 21.1 Å². The third-order valence-electron chi connectivity index (χ3n) is 5.69. The monoisotopic (exact) mass is 428 g/mol. The van der Waals surface area contributed by atoms with Crippen LogP contribution in [0.15, 0.2) is 42.5 Å². The van der Waals surface area contributed by atoms with Crippen LogP contribution in [-0.4, -0.2) is 43.5 Å². The SMILES string of the molecule is COc1ccc(OC)c(CN(C(=O)C2CC(=O)N(c3cccc(Cl)c3)C2)C2CC2)c1. The Kier molecular flexibility index (Phi) is 5.86. The maximum absolute atomic E-state index is 13.4. The fourth-order valence-corrected chi connectivity index (χ4v) is 4.15. The Morgan fingerprint density at radius 1 is 1.17 bits per heavy atom. The second kappa shape index (κ2) is 8.56. The molecule has 158 valence electrons. The van der Waals surface area contributed by atoms with Crippen LogP contribution >= 0.6 is 11.6 Å². The standard InChI is InChI=1S/C23H25ClN2O4/c1-29-20-8-9-21(30-2)15(10-20)13-26(18-6-7-18)23(28)16-11-22(27)25(14-16)19-5-3-4-17(24)12-19/h3-5,8-10,12,16,18H,6-7,11,13-14H2,1-2H3. The first kappa shape index (κ1) is 20.5. The summed E-state index contributed by atoms with van der Waals surface area (Å²) in [6.45, 7) is 0.808. The molecule has 0 aromatic heterocycles. The minimum atomic E-state index is -0.367. The molecule has 6 nitrogen and oxygen atoms in total. The van der Waals surface area contributed by atoms with Crippen LogP contribution in [-0.2, 0) is 16.1 Å². The number of methoxy groups -OCH3 is 2. The number of nitrogens with zero attached hydrogens (tertiary/aromatic N) is 2. The van der Waals surface area contributed by atoms with Gasteiger partial charge in [0.1, 0.15) is 11.5 Å². The third kappa shape index (κ3) is 4.24. The lowest BCUT2D eigenvalue weighted by Gasteiger charge is -2.26. The molecule has 1 saturated carbocycles. The van der Waals surface area contributed by atoms with Gasteiger partial charge in [-0.15, -0.1) is 0 Å². The average Bonchev–Trinajstić information content (AvgIpc) is 3.52. The molecular weight excluding hydrogens is 404 g/mol. The first-order valence-electron chi connectivity index (χ1n) is 10.1. The number of ether oxygens (including phenoxy) is 2. The highest BCUT2D eigenvalue weighted by Gasteiger charge is 2.41. The van der Waals surface area contributed by atoms with E-state index in [0.29, 0.717) is 18.1 Å². The zero-order valence-electron chi connectivity index (χ0n) is 17.1. The zero-order chi connectivity index (χ0) is 21.3. The minimum absolute atomic E-state index is 0.0141. The lowest BCUT2D eigenvalue weighted by molar-refractivity contribution is -0.137. The summed E-state index contributed by atoms with van der Waals surface area (Å²) in [4.78, 5) is 29.6. The van der Waals surface area contributed by atoms with Crippen molar-refractivity contribution in [2.24, 2.45) is 5.92 Å². The average molecular weight is 429 g/mol. The van der Waals surface area contributed by atoms with Crippen LogP contribution in [0.2, 0.25) is 5.02 Å². The van der Waals surface area contributed by atoms with Gasteiger partial charge in [-0.2, -0.15) is 0 Å². The van der Waals surface area contributed by atoms with Crippen molar-refractivity contribution in [2.75, 3.05) is 25.7 Å². The number of benzene rings is 2. The Morgan fingerprint density at radius 2 is 1.97 bits per heavy atom. The molecule has 2 aromatic rings. The molecule has 2 amide bonds. The van der Waals surface area contributed by atoms with Gasteiger partial charge in [-0.25, -0.2) is 0 Å². The number of amides is 2. The van der Waals surface area contributed by atoms with Crippen molar-refractivity contribution < 1.29 is 19.1 Å². The normalized spacial score (nSPS) is 18.4. The van der Waals surface area contributed by atoms with Crippen molar-refractivity contribution in [1.29, 1.82) is 0 Å². The van der Waals surface area contributed by atoms with Gasteiger partial charge >= 0.3 is 0 Å². The summed E-state index contributed by atoms with van der Waals surface area (Å²) in [6, 6.07) is 13.0. The molecule has 4 rings (SSSR count). The van der Waals surface area contributed by atoms with E-state index in [-0.39, 0.29) is 30.2 Å². The molecule has 2 aliphatic rings. The minimum Gasteiger partial charge on any atom is -0.497 e. The first-order chi connectivity index (χ1) is 14.5. The zero-order valence-corrected chi connectivity index (χ0v) is 17.9. The van der Waals surface area contributed by atoms with Crippen LogP contribution < -0.4 is 14.4 Å². The van der Waals surface area contributed by atoms with Gasteiger partial charge < -0.3 is 19.3 Å². The Labute approximate surface area is 181 Å². The van der Waals surface area contributed by atoms with Crippen molar-refractivity contribution in [2.45, 2.75) is 31.8 Å². The van der Waals surface area contributed by atoms with Gasteiger partial charge in [-0.05, 0) is 49.2 Å². The van der Waals surface area contributed by atoms with Gasteiger partial charge in [0.05, 0.1) is 20.1 Å². The van der Waals surface area contributed by atoms with Crippen molar-refractivity contribution in [3.05, 3.63) is 53.1 Å². The van der Waals surface area contributed by atoms with Crippen molar-refractivity contribution >= 4 is 29.1 Å². The van der Waals surface area contributed by atoms with E-state index in [9.17, 15) is 9.59 Å². The third-order valence-corrected chi connectivity index (χ3v) is 5.93. The summed E-state index contributed by atoms with van der Waals surface area (Å²) in [6.07, 6.45) is 2.18. The second-order valence-corrected chi connectivity index (χ2v) is 8.20. The molecular formula is C23H25ClN2O4. The maximum atomic E-state index is 13.4. The van der Waals surface area contributed by atoms with Crippen molar-refractivity contribution in [1.82, 2.24) is 4.90 Å². The van der Waals surface area contributed by atoms with Gasteiger partial charge in [-0.1, -0.05) is 17.7 Å². The van der Waals surface area contributed by atoms with E-state index in [1.165, 1.54) is 0 Å². The van der Waals surface area contributed by atoms with Crippen LogP contribution in [0, 0.1) is 5.92 Å². The molecule has 1 unspecified atom stereocenters. The molecule has 0 spiro atoms. The lowest BCUT2D eigenvalue weighted by atomic mass is 10.1. The molecule has 1 aliphatic carbocycles. The van der Waals surface area contributed by atoms with Crippen LogP contribution in [0.25, 0.3) is 0 Å². The first-order valence-corrected chi connectivity index (χ1v) is 10.4. The lowest BCUT2D eigenvalue weighted by Crippen LogP contribution is -2.38. The Hall–Kier alpha value is -2.73. The van der Waals surface area contributed by atoms with E-state index in [2.05, 4.69) is 0 Å². The predicted octanol–water partition coefficient (Wildman–Crippen LogP) is 3.90. The molecule has 7 heteroatoms. The van der Waals surface area contributed by atoms with Gasteiger partial charge in [-0.3, -0.25) is 9.59 Å². The van der Waals surface area contributed by atoms with E-state index < -0.39 is 0 Å². The molecule has 0 N–H and O–H groups in total. The van der Waals surface area contributed by atoms with Gasteiger partial charge in [0, 0.05) is 41.8 Å². The fourth-order valence-electron chi connectivity index (χ4n) is 3.96. The number of carbonyl (C=O) groups excluding carboxylic acids is 2. The number of halogens is 1. The van der Waals surface area contributed by atoms with Gasteiger partial charge in [0.15, 0.2) is 0 Å². The number of anilines is 1. The van der Waals surface area contributed by atoms with Crippen LogP contribution in [0.1, 0.15) is 24.8 Å². The van der Waals surface area contributed by atoms with E-state index in [1.807, 2.05) is 35.2 Å². The Balaban J connectivity index is 1.53. The summed E-state index contributed by atoms with van der Waals surface area (Å²) >= 11 is 6.08. The quantitative estimate of drug-likeness (QED) is 0.671. The molecule has 0 bridgehead atoms. The molecule has 1 heterocycles. The number of rotatable bonds is 7. The van der Waals surface area contributed by atoms with E-state index in [0.717, 1.165) is 35.6 Å². The molecule has 2 aromatic carbocycles. The fraction of sp³-hybridized carbons (Fsp3) is 0.391. The van der Waals surface area contributed by atoms with Crippen LogP contribution in [0.5, 0.6) is 11.5 Å². The molecule has 30 heavy (non-hydrogen) atoms. The molecule has 1 atom stereocenters. The Bertz CT molecular complexity index is 960. The van der Waals surface area contributed by atoms with E-state index in [1.54, 1.807) is 31.3 Å².